The maximum absolute atomic E-state index is 5.55. The number of benzene rings is 1. The summed E-state index contributed by atoms with van der Waals surface area (Å²) in [6.45, 7) is 3.27. The second-order valence-electron chi connectivity index (χ2n) is 4.35. The van der Waals surface area contributed by atoms with Crippen molar-refractivity contribution in [3.8, 4) is 5.75 Å². The highest BCUT2D eigenvalue weighted by atomic mass is 32.1. The van der Waals surface area contributed by atoms with Gasteiger partial charge in [-0.3, -0.25) is 0 Å². The summed E-state index contributed by atoms with van der Waals surface area (Å²) in [5.41, 5.74) is 2.05. The van der Waals surface area contributed by atoms with Crippen LogP contribution >= 0.6 is 12.2 Å². The van der Waals surface area contributed by atoms with Gasteiger partial charge in [-0.15, -0.1) is 0 Å². The molecule has 0 spiro atoms. The lowest BCUT2D eigenvalue weighted by Gasteiger charge is -2.14. The van der Waals surface area contributed by atoms with E-state index < -0.39 is 0 Å². The van der Waals surface area contributed by atoms with Crippen LogP contribution in [0.2, 0.25) is 0 Å². The van der Waals surface area contributed by atoms with Crippen LogP contribution in [0.25, 0.3) is 0 Å². The zero-order valence-electron chi connectivity index (χ0n) is 11.7. The van der Waals surface area contributed by atoms with Gasteiger partial charge < -0.3 is 19.9 Å². The predicted octanol–water partition coefficient (Wildman–Crippen LogP) is 2.91. The summed E-state index contributed by atoms with van der Waals surface area (Å²) in [7, 11) is 2.01. The first-order chi connectivity index (χ1) is 9.70. The summed E-state index contributed by atoms with van der Waals surface area (Å²) in [6, 6.07) is 11.8. The Labute approximate surface area is 124 Å². The Morgan fingerprint density at radius 1 is 1.25 bits per heavy atom. The standard InChI is InChI=1S/C15H19N3OS/c1-3-19-14-9-5-4-8-13(14)17-15(20)16-11-12-7-6-10-18(12)2/h4-10H,3,11H2,1-2H3,(H2,16,17,20). The van der Waals surface area contributed by atoms with Crippen LogP contribution in [0.1, 0.15) is 12.6 Å². The summed E-state index contributed by atoms with van der Waals surface area (Å²) in [4.78, 5) is 0. The summed E-state index contributed by atoms with van der Waals surface area (Å²) in [6.07, 6.45) is 2.01. The fourth-order valence-corrected chi connectivity index (χ4v) is 2.05. The molecule has 0 fully saturated rings. The van der Waals surface area contributed by atoms with Gasteiger partial charge in [0.2, 0.25) is 0 Å². The number of rotatable bonds is 5. The van der Waals surface area contributed by atoms with E-state index in [2.05, 4.69) is 21.3 Å². The smallest absolute Gasteiger partial charge is 0.171 e. The van der Waals surface area contributed by atoms with Crippen molar-refractivity contribution in [1.29, 1.82) is 0 Å². The molecule has 0 atom stereocenters. The summed E-state index contributed by atoms with van der Waals surface area (Å²) < 4.78 is 7.61. The molecule has 2 rings (SSSR count). The van der Waals surface area contributed by atoms with Gasteiger partial charge in [-0.05, 0) is 43.4 Å². The first-order valence-corrected chi connectivity index (χ1v) is 6.98. The quantitative estimate of drug-likeness (QED) is 0.830. The molecule has 0 aliphatic rings. The molecule has 20 heavy (non-hydrogen) atoms. The second kappa shape index (κ2) is 6.96. The number of aryl methyl sites for hydroxylation is 1. The van der Waals surface area contributed by atoms with Gasteiger partial charge >= 0.3 is 0 Å². The molecule has 2 aromatic rings. The number of hydrogen-bond donors (Lipinski definition) is 2. The molecule has 0 radical (unpaired) electrons. The van der Waals surface area contributed by atoms with Crippen LogP contribution in [0.3, 0.4) is 0 Å². The molecule has 0 aliphatic carbocycles. The zero-order chi connectivity index (χ0) is 14.4. The molecule has 1 heterocycles. The van der Waals surface area contributed by atoms with E-state index >= 15 is 0 Å². The Hall–Kier alpha value is -2.01. The van der Waals surface area contributed by atoms with Crippen molar-refractivity contribution >= 4 is 23.0 Å². The van der Waals surface area contributed by atoms with E-state index in [0.717, 1.165) is 11.4 Å². The fourth-order valence-electron chi connectivity index (χ4n) is 1.87. The Morgan fingerprint density at radius 3 is 2.75 bits per heavy atom. The highest BCUT2D eigenvalue weighted by molar-refractivity contribution is 7.80. The molecule has 0 saturated heterocycles. The monoisotopic (exact) mass is 289 g/mol. The summed E-state index contributed by atoms with van der Waals surface area (Å²) in [5.74, 6) is 0.804. The molecule has 1 aromatic carbocycles. The third-order valence-electron chi connectivity index (χ3n) is 2.92. The average Bonchev–Trinajstić information content (AvgIpc) is 2.84. The molecule has 5 heteroatoms. The largest absolute Gasteiger partial charge is 0.492 e. The molecular formula is C15H19N3OS. The maximum Gasteiger partial charge on any atom is 0.171 e. The minimum absolute atomic E-state index is 0.582. The van der Waals surface area contributed by atoms with Gasteiger partial charge in [0.1, 0.15) is 5.75 Å². The first-order valence-electron chi connectivity index (χ1n) is 6.57. The molecule has 1 aromatic heterocycles. The maximum atomic E-state index is 5.55. The average molecular weight is 289 g/mol. The number of aromatic nitrogens is 1. The van der Waals surface area contributed by atoms with E-state index in [4.69, 9.17) is 17.0 Å². The Bertz CT molecular complexity index is 580. The molecule has 106 valence electrons. The Balaban J connectivity index is 1.93. The Morgan fingerprint density at radius 2 is 2.05 bits per heavy atom. The van der Waals surface area contributed by atoms with E-state index in [1.54, 1.807) is 0 Å². The van der Waals surface area contributed by atoms with Crippen LogP contribution < -0.4 is 15.4 Å². The number of nitrogens with zero attached hydrogens (tertiary/aromatic N) is 1. The van der Waals surface area contributed by atoms with Crippen LogP contribution in [0.15, 0.2) is 42.6 Å². The second-order valence-corrected chi connectivity index (χ2v) is 4.76. The van der Waals surface area contributed by atoms with Crippen LogP contribution in [-0.4, -0.2) is 16.3 Å². The van der Waals surface area contributed by atoms with E-state index in [0.29, 0.717) is 18.3 Å². The van der Waals surface area contributed by atoms with Crippen molar-refractivity contribution in [3.05, 3.63) is 48.3 Å². The molecule has 4 nitrogen and oxygen atoms in total. The lowest BCUT2D eigenvalue weighted by Crippen LogP contribution is -2.28. The van der Waals surface area contributed by atoms with E-state index in [-0.39, 0.29) is 0 Å². The molecule has 0 bridgehead atoms. The number of thiocarbonyl (C=S) groups is 1. The first kappa shape index (κ1) is 14.4. The minimum atomic E-state index is 0.582. The van der Waals surface area contributed by atoms with Crippen LogP contribution in [-0.2, 0) is 13.6 Å². The molecule has 0 saturated carbocycles. The van der Waals surface area contributed by atoms with Gasteiger partial charge in [-0.25, -0.2) is 0 Å². The topological polar surface area (TPSA) is 38.2 Å². The van der Waals surface area contributed by atoms with Crippen LogP contribution in [0.4, 0.5) is 5.69 Å². The normalized spacial score (nSPS) is 10.1. The van der Waals surface area contributed by atoms with E-state index in [1.165, 1.54) is 5.69 Å². The SMILES string of the molecule is CCOc1ccccc1NC(=S)NCc1cccn1C. The van der Waals surface area contributed by atoms with Crippen molar-refractivity contribution < 1.29 is 4.74 Å². The third kappa shape index (κ3) is 3.74. The number of hydrogen-bond acceptors (Lipinski definition) is 2. The summed E-state index contributed by atoms with van der Waals surface area (Å²) >= 11 is 5.31. The third-order valence-corrected chi connectivity index (χ3v) is 3.16. The van der Waals surface area contributed by atoms with Gasteiger partial charge in [-0.2, -0.15) is 0 Å². The van der Waals surface area contributed by atoms with E-state index in [9.17, 15) is 0 Å². The van der Waals surface area contributed by atoms with Gasteiger partial charge in [0.15, 0.2) is 5.11 Å². The highest BCUT2D eigenvalue weighted by Gasteiger charge is 2.04. The lowest BCUT2D eigenvalue weighted by atomic mass is 10.3. The Kier molecular flexibility index (Phi) is 5.01. The van der Waals surface area contributed by atoms with Crippen molar-refractivity contribution in [2.75, 3.05) is 11.9 Å². The molecule has 0 amide bonds. The molecule has 0 aliphatic heterocycles. The molecule has 2 N–H and O–H groups in total. The van der Waals surface area contributed by atoms with Crippen LogP contribution in [0.5, 0.6) is 5.75 Å². The number of nitrogens with one attached hydrogen (secondary N) is 2. The van der Waals surface area contributed by atoms with Crippen LogP contribution in [0, 0.1) is 0 Å². The van der Waals surface area contributed by atoms with E-state index in [1.807, 2.05) is 50.5 Å². The highest BCUT2D eigenvalue weighted by Crippen LogP contribution is 2.23. The lowest BCUT2D eigenvalue weighted by molar-refractivity contribution is 0.342. The van der Waals surface area contributed by atoms with Gasteiger partial charge in [0, 0.05) is 18.9 Å². The summed E-state index contributed by atoms with van der Waals surface area (Å²) in [5, 5.41) is 6.93. The van der Waals surface area contributed by atoms with Crippen molar-refractivity contribution in [3.63, 3.8) is 0 Å². The zero-order valence-corrected chi connectivity index (χ0v) is 12.5. The molecular weight excluding hydrogens is 270 g/mol. The molecule has 0 unspecified atom stereocenters. The number of para-hydroxylation sites is 2. The predicted molar refractivity (Wildman–Crippen MR) is 86.1 cm³/mol. The van der Waals surface area contributed by atoms with Crippen molar-refractivity contribution in [1.82, 2.24) is 9.88 Å². The van der Waals surface area contributed by atoms with Crippen molar-refractivity contribution in [2.24, 2.45) is 7.05 Å². The fraction of sp³-hybridized carbons (Fsp3) is 0.267. The van der Waals surface area contributed by atoms with Gasteiger partial charge in [-0.1, -0.05) is 12.1 Å². The number of anilines is 1. The van der Waals surface area contributed by atoms with Gasteiger partial charge in [0.05, 0.1) is 18.8 Å². The van der Waals surface area contributed by atoms with Gasteiger partial charge in [0.25, 0.3) is 0 Å². The van der Waals surface area contributed by atoms with Crippen molar-refractivity contribution in [2.45, 2.75) is 13.5 Å². The minimum Gasteiger partial charge on any atom is -0.492 e. The number of ether oxygens (including phenoxy) is 1.